The molecule has 0 fully saturated rings. The number of benzene rings is 1. The molecule has 2 aromatic rings. The molecule has 0 radical (unpaired) electrons. The quantitative estimate of drug-likeness (QED) is 0.805. The molecule has 0 aliphatic heterocycles. The number of aromatic carboxylic acids is 1. The van der Waals surface area contributed by atoms with Crippen molar-refractivity contribution in [3.63, 3.8) is 0 Å². The van der Waals surface area contributed by atoms with E-state index in [1.54, 1.807) is 31.3 Å². The minimum absolute atomic E-state index is 0.0436. The number of para-hydroxylation sites is 1. The minimum atomic E-state index is -1.14. The molecule has 134 valence electrons. The fourth-order valence-electron chi connectivity index (χ4n) is 2.60. The van der Waals surface area contributed by atoms with Gasteiger partial charge in [0.05, 0.1) is 23.6 Å². The van der Waals surface area contributed by atoms with E-state index in [-0.39, 0.29) is 17.3 Å². The first-order chi connectivity index (χ1) is 11.8. The van der Waals surface area contributed by atoms with Crippen LogP contribution in [0.25, 0.3) is 0 Å². The van der Waals surface area contributed by atoms with Gasteiger partial charge in [0.25, 0.3) is 5.91 Å². The third-order valence-corrected chi connectivity index (χ3v) is 3.59. The Labute approximate surface area is 146 Å². The molecule has 1 heterocycles. The highest BCUT2D eigenvalue weighted by atomic mass is 16.5. The van der Waals surface area contributed by atoms with Crippen molar-refractivity contribution in [3.05, 3.63) is 41.2 Å². The van der Waals surface area contributed by atoms with Crippen molar-refractivity contribution in [2.24, 2.45) is 13.0 Å². The normalized spacial score (nSPS) is 10.8. The summed E-state index contributed by atoms with van der Waals surface area (Å²) in [6.07, 6.45) is 0.559. The second kappa shape index (κ2) is 7.83. The highest BCUT2D eigenvalue weighted by molar-refractivity contribution is 6.09. The SMILES string of the molecule is CCOc1ccccc1C(=O)Nc1c(CC(C)C)nn(C)c1C(=O)O. The van der Waals surface area contributed by atoms with Gasteiger partial charge in [-0.3, -0.25) is 9.48 Å². The fourth-order valence-corrected chi connectivity index (χ4v) is 2.60. The molecule has 0 spiro atoms. The Kier molecular flexibility index (Phi) is 5.80. The van der Waals surface area contributed by atoms with E-state index in [0.717, 1.165) is 0 Å². The zero-order valence-corrected chi connectivity index (χ0v) is 14.9. The molecule has 0 aliphatic carbocycles. The number of carboxylic acid groups (broad SMARTS) is 1. The predicted molar refractivity (Wildman–Crippen MR) is 94.3 cm³/mol. The number of rotatable bonds is 7. The highest BCUT2D eigenvalue weighted by Crippen LogP contribution is 2.26. The van der Waals surface area contributed by atoms with E-state index < -0.39 is 11.9 Å². The van der Waals surface area contributed by atoms with Crippen LogP contribution < -0.4 is 10.1 Å². The van der Waals surface area contributed by atoms with Crippen molar-refractivity contribution < 1.29 is 19.4 Å². The third-order valence-electron chi connectivity index (χ3n) is 3.59. The Morgan fingerprint density at radius 1 is 1.32 bits per heavy atom. The maximum atomic E-state index is 12.7. The van der Waals surface area contributed by atoms with Gasteiger partial charge in [-0.2, -0.15) is 5.10 Å². The number of carbonyl (C=O) groups excluding carboxylic acids is 1. The van der Waals surface area contributed by atoms with Crippen molar-refractivity contribution in [1.82, 2.24) is 9.78 Å². The van der Waals surface area contributed by atoms with Crippen molar-refractivity contribution in [3.8, 4) is 5.75 Å². The van der Waals surface area contributed by atoms with Gasteiger partial charge in [0.15, 0.2) is 5.69 Å². The van der Waals surface area contributed by atoms with Crippen LogP contribution in [-0.4, -0.2) is 33.4 Å². The van der Waals surface area contributed by atoms with E-state index in [2.05, 4.69) is 10.4 Å². The summed E-state index contributed by atoms with van der Waals surface area (Å²) < 4.78 is 6.76. The van der Waals surface area contributed by atoms with Crippen molar-refractivity contribution in [2.75, 3.05) is 11.9 Å². The summed E-state index contributed by atoms with van der Waals surface area (Å²) in [5, 5.41) is 16.5. The molecular weight excluding hydrogens is 322 g/mol. The maximum Gasteiger partial charge on any atom is 0.356 e. The first kappa shape index (κ1) is 18.5. The third kappa shape index (κ3) is 4.17. The standard InChI is InChI=1S/C18H23N3O4/c1-5-25-14-9-7-6-8-12(14)17(22)19-15-13(10-11(2)3)20-21(4)16(15)18(23)24/h6-9,11H,5,10H2,1-4H3,(H,19,22)(H,23,24). The molecule has 0 atom stereocenters. The lowest BCUT2D eigenvalue weighted by atomic mass is 10.1. The van der Waals surface area contributed by atoms with Crippen LogP contribution >= 0.6 is 0 Å². The minimum Gasteiger partial charge on any atom is -0.493 e. The molecule has 1 aromatic heterocycles. The summed E-state index contributed by atoms with van der Waals surface area (Å²) in [7, 11) is 1.55. The molecule has 0 unspecified atom stereocenters. The fraction of sp³-hybridized carbons (Fsp3) is 0.389. The zero-order chi connectivity index (χ0) is 18.6. The van der Waals surface area contributed by atoms with Crippen LogP contribution in [0, 0.1) is 5.92 Å². The van der Waals surface area contributed by atoms with Crippen LogP contribution in [0.4, 0.5) is 5.69 Å². The summed E-state index contributed by atoms with van der Waals surface area (Å²) in [6.45, 7) is 6.27. The Morgan fingerprint density at radius 3 is 2.60 bits per heavy atom. The van der Waals surface area contributed by atoms with Gasteiger partial charge in [-0.25, -0.2) is 4.79 Å². The molecule has 1 aromatic carbocycles. The molecule has 1 amide bonds. The monoisotopic (exact) mass is 345 g/mol. The van der Waals surface area contributed by atoms with E-state index in [0.29, 0.717) is 30.0 Å². The lowest BCUT2D eigenvalue weighted by Crippen LogP contribution is -2.17. The maximum absolute atomic E-state index is 12.7. The van der Waals surface area contributed by atoms with Crippen LogP contribution in [0.5, 0.6) is 5.75 Å². The van der Waals surface area contributed by atoms with Gasteiger partial charge in [0.2, 0.25) is 0 Å². The smallest absolute Gasteiger partial charge is 0.356 e. The molecule has 0 saturated carbocycles. The van der Waals surface area contributed by atoms with E-state index in [1.165, 1.54) is 4.68 Å². The number of aromatic nitrogens is 2. The average molecular weight is 345 g/mol. The molecular formula is C18H23N3O4. The predicted octanol–water partition coefficient (Wildman–Crippen LogP) is 2.97. The largest absolute Gasteiger partial charge is 0.493 e. The average Bonchev–Trinajstić information content (AvgIpc) is 2.82. The van der Waals surface area contributed by atoms with Crippen molar-refractivity contribution in [1.29, 1.82) is 0 Å². The molecule has 2 rings (SSSR count). The number of anilines is 1. The summed E-state index contributed by atoms with van der Waals surface area (Å²) in [5.74, 6) is -0.848. The van der Waals surface area contributed by atoms with Crippen LogP contribution in [0.15, 0.2) is 24.3 Å². The number of nitrogens with zero attached hydrogens (tertiary/aromatic N) is 2. The summed E-state index contributed by atoms with van der Waals surface area (Å²) in [4.78, 5) is 24.3. The highest BCUT2D eigenvalue weighted by Gasteiger charge is 2.25. The Hall–Kier alpha value is -2.83. The summed E-state index contributed by atoms with van der Waals surface area (Å²) in [5.41, 5.74) is 1.09. The first-order valence-corrected chi connectivity index (χ1v) is 8.17. The van der Waals surface area contributed by atoms with Gasteiger partial charge >= 0.3 is 5.97 Å². The molecule has 2 N–H and O–H groups in total. The van der Waals surface area contributed by atoms with Gasteiger partial charge in [-0.05, 0) is 31.4 Å². The second-order valence-electron chi connectivity index (χ2n) is 6.08. The number of hydrogen-bond donors (Lipinski definition) is 2. The van der Waals surface area contributed by atoms with E-state index in [1.807, 2.05) is 20.8 Å². The molecule has 0 saturated heterocycles. The van der Waals surface area contributed by atoms with Gasteiger partial charge in [0.1, 0.15) is 5.75 Å². The van der Waals surface area contributed by atoms with Gasteiger partial charge in [0, 0.05) is 7.05 Å². The second-order valence-corrected chi connectivity index (χ2v) is 6.08. The van der Waals surface area contributed by atoms with Gasteiger partial charge in [-0.15, -0.1) is 0 Å². The number of nitrogens with one attached hydrogen (secondary N) is 1. The summed E-state index contributed by atoms with van der Waals surface area (Å²) >= 11 is 0. The number of aryl methyl sites for hydroxylation is 1. The van der Waals surface area contributed by atoms with Crippen LogP contribution in [0.1, 0.15) is 47.3 Å². The topological polar surface area (TPSA) is 93.5 Å². The zero-order valence-electron chi connectivity index (χ0n) is 14.9. The number of hydrogen-bond acceptors (Lipinski definition) is 4. The van der Waals surface area contributed by atoms with E-state index in [4.69, 9.17) is 4.74 Å². The molecule has 7 nitrogen and oxygen atoms in total. The van der Waals surface area contributed by atoms with E-state index >= 15 is 0 Å². The number of carboxylic acids is 1. The van der Waals surface area contributed by atoms with Crippen molar-refractivity contribution in [2.45, 2.75) is 27.2 Å². The van der Waals surface area contributed by atoms with Crippen molar-refractivity contribution >= 4 is 17.6 Å². The Morgan fingerprint density at radius 2 is 2.00 bits per heavy atom. The lowest BCUT2D eigenvalue weighted by molar-refractivity contribution is 0.0686. The number of amides is 1. The first-order valence-electron chi connectivity index (χ1n) is 8.17. The van der Waals surface area contributed by atoms with Crippen LogP contribution in [-0.2, 0) is 13.5 Å². The molecule has 0 aliphatic rings. The Balaban J connectivity index is 2.42. The van der Waals surface area contributed by atoms with Crippen LogP contribution in [0.3, 0.4) is 0 Å². The number of ether oxygens (including phenoxy) is 1. The van der Waals surface area contributed by atoms with Crippen LogP contribution in [0.2, 0.25) is 0 Å². The van der Waals surface area contributed by atoms with E-state index in [9.17, 15) is 14.7 Å². The molecule has 7 heteroatoms. The summed E-state index contributed by atoms with van der Waals surface area (Å²) in [6, 6.07) is 6.85. The molecule has 0 bridgehead atoms. The lowest BCUT2D eigenvalue weighted by Gasteiger charge is -2.11. The Bertz CT molecular complexity index is 781. The number of carbonyl (C=O) groups is 2. The molecule has 25 heavy (non-hydrogen) atoms. The van der Waals surface area contributed by atoms with Gasteiger partial charge in [-0.1, -0.05) is 26.0 Å². The van der Waals surface area contributed by atoms with Gasteiger partial charge < -0.3 is 15.2 Å².